The van der Waals surface area contributed by atoms with Crippen LogP contribution < -0.4 is 4.90 Å². The van der Waals surface area contributed by atoms with Crippen LogP contribution in [0, 0.1) is 0 Å². The summed E-state index contributed by atoms with van der Waals surface area (Å²) in [4.78, 5) is 17.5. The van der Waals surface area contributed by atoms with E-state index >= 15 is 0 Å². The van der Waals surface area contributed by atoms with Gasteiger partial charge in [-0.15, -0.1) is 0 Å². The zero-order valence-corrected chi connectivity index (χ0v) is 9.39. The van der Waals surface area contributed by atoms with Crippen molar-refractivity contribution in [1.82, 2.24) is 4.98 Å². The number of carboxylic acids is 1. The predicted octanol–water partition coefficient (Wildman–Crippen LogP) is 2.16. The lowest BCUT2D eigenvalue weighted by molar-refractivity contribution is 0.0697. The van der Waals surface area contributed by atoms with Gasteiger partial charge < -0.3 is 10.0 Å². The summed E-state index contributed by atoms with van der Waals surface area (Å²) in [7, 11) is 0. The maximum Gasteiger partial charge on any atom is 0.339 e. The Kier molecular flexibility index (Phi) is 3.08. The number of rotatable bonds is 5. The first-order valence-electron chi connectivity index (χ1n) is 5.69. The van der Waals surface area contributed by atoms with Crippen LogP contribution in [0.2, 0.25) is 0 Å². The van der Waals surface area contributed by atoms with Gasteiger partial charge >= 0.3 is 5.97 Å². The lowest BCUT2D eigenvalue weighted by atomic mass is 10.2. The van der Waals surface area contributed by atoms with E-state index in [0.717, 1.165) is 25.8 Å². The van der Waals surface area contributed by atoms with E-state index in [1.54, 1.807) is 18.3 Å². The summed E-state index contributed by atoms with van der Waals surface area (Å²) in [5, 5.41) is 9.12. The molecule has 0 saturated heterocycles. The van der Waals surface area contributed by atoms with Crippen LogP contribution in [-0.2, 0) is 0 Å². The molecule has 0 bridgehead atoms. The Morgan fingerprint density at radius 2 is 2.38 bits per heavy atom. The van der Waals surface area contributed by atoms with Gasteiger partial charge in [-0.05, 0) is 31.4 Å². The molecular weight excluding hydrogens is 204 g/mol. The van der Waals surface area contributed by atoms with Crippen molar-refractivity contribution in [2.45, 2.75) is 32.2 Å². The molecule has 0 unspecified atom stereocenters. The molecule has 4 nitrogen and oxygen atoms in total. The molecule has 1 fully saturated rings. The molecule has 1 aromatic heterocycles. The summed E-state index contributed by atoms with van der Waals surface area (Å²) in [5.74, 6) is -0.274. The minimum absolute atomic E-state index is 0.308. The van der Waals surface area contributed by atoms with Gasteiger partial charge in [0, 0.05) is 18.8 Å². The monoisotopic (exact) mass is 220 g/mol. The highest BCUT2D eigenvalue weighted by Gasteiger charge is 2.31. The molecule has 2 rings (SSSR count). The topological polar surface area (TPSA) is 53.4 Å². The van der Waals surface area contributed by atoms with Crippen LogP contribution in [0.3, 0.4) is 0 Å². The number of hydrogen-bond donors (Lipinski definition) is 1. The first kappa shape index (κ1) is 10.9. The molecule has 0 aliphatic heterocycles. The lowest BCUT2D eigenvalue weighted by Crippen LogP contribution is -2.29. The number of hydrogen-bond acceptors (Lipinski definition) is 3. The molecule has 0 aromatic carbocycles. The number of carbonyl (C=O) groups is 1. The van der Waals surface area contributed by atoms with Crippen LogP contribution in [0.1, 0.15) is 36.5 Å². The van der Waals surface area contributed by atoms with Crippen LogP contribution in [0.25, 0.3) is 0 Å². The minimum Gasteiger partial charge on any atom is -0.478 e. The van der Waals surface area contributed by atoms with Gasteiger partial charge in [0.05, 0.1) is 0 Å². The average Bonchev–Trinajstić information content (AvgIpc) is 3.10. The van der Waals surface area contributed by atoms with Gasteiger partial charge in [-0.2, -0.15) is 0 Å². The van der Waals surface area contributed by atoms with Crippen molar-refractivity contribution >= 4 is 11.8 Å². The highest BCUT2D eigenvalue weighted by molar-refractivity contribution is 5.93. The zero-order valence-electron chi connectivity index (χ0n) is 9.39. The van der Waals surface area contributed by atoms with E-state index in [1.165, 1.54) is 0 Å². The minimum atomic E-state index is -0.898. The second-order valence-electron chi connectivity index (χ2n) is 4.10. The fourth-order valence-corrected chi connectivity index (χ4v) is 1.88. The van der Waals surface area contributed by atoms with E-state index < -0.39 is 5.97 Å². The third-order valence-corrected chi connectivity index (χ3v) is 2.74. The highest BCUT2D eigenvalue weighted by atomic mass is 16.4. The Morgan fingerprint density at radius 3 is 2.94 bits per heavy atom. The molecule has 0 amide bonds. The second-order valence-corrected chi connectivity index (χ2v) is 4.10. The number of pyridine rings is 1. The van der Waals surface area contributed by atoms with Crippen LogP contribution in [-0.4, -0.2) is 28.6 Å². The molecule has 0 spiro atoms. The summed E-state index contributed by atoms with van der Waals surface area (Å²) in [6, 6.07) is 3.78. The highest BCUT2D eigenvalue weighted by Crippen LogP contribution is 2.32. The van der Waals surface area contributed by atoms with Gasteiger partial charge in [0.2, 0.25) is 0 Å². The first-order valence-corrected chi connectivity index (χ1v) is 5.69. The van der Waals surface area contributed by atoms with Crippen molar-refractivity contribution in [3.8, 4) is 0 Å². The molecule has 0 radical (unpaired) electrons. The van der Waals surface area contributed by atoms with E-state index in [-0.39, 0.29) is 0 Å². The zero-order chi connectivity index (χ0) is 11.5. The van der Waals surface area contributed by atoms with Crippen LogP contribution in [0.15, 0.2) is 18.3 Å². The summed E-state index contributed by atoms with van der Waals surface area (Å²) in [5.41, 5.74) is 0.308. The standard InChI is InChI=1S/C12H16N2O2/c1-2-8-14(9-5-6-9)11-10(12(15)16)4-3-7-13-11/h3-4,7,9H,2,5-6,8H2,1H3,(H,15,16). The molecule has 16 heavy (non-hydrogen) atoms. The van der Waals surface area contributed by atoms with Gasteiger partial charge in [-0.25, -0.2) is 9.78 Å². The molecule has 1 saturated carbocycles. The van der Waals surface area contributed by atoms with E-state index in [1.807, 2.05) is 0 Å². The molecule has 1 heterocycles. The Labute approximate surface area is 94.9 Å². The van der Waals surface area contributed by atoms with Crippen LogP contribution >= 0.6 is 0 Å². The Bertz CT molecular complexity index is 388. The molecule has 1 aliphatic rings. The summed E-state index contributed by atoms with van der Waals surface area (Å²) in [6.07, 6.45) is 4.96. The first-order chi connectivity index (χ1) is 7.74. The molecule has 0 atom stereocenters. The van der Waals surface area contributed by atoms with E-state index in [9.17, 15) is 4.79 Å². The summed E-state index contributed by atoms with van der Waals surface area (Å²) in [6.45, 7) is 2.97. The van der Waals surface area contributed by atoms with E-state index in [4.69, 9.17) is 5.11 Å². The molecule has 4 heteroatoms. The van der Waals surface area contributed by atoms with Gasteiger partial charge in [-0.1, -0.05) is 6.92 Å². The lowest BCUT2D eigenvalue weighted by Gasteiger charge is -2.24. The predicted molar refractivity (Wildman–Crippen MR) is 61.9 cm³/mol. The third-order valence-electron chi connectivity index (χ3n) is 2.74. The fourth-order valence-electron chi connectivity index (χ4n) is 1.88. The smallest absolute Gasteiger partial charge is 0.339 e. The molecule has 1 aliphatic carbocycles. The Morgan fingerprint density at radius 1 is 1.62 bits per heavy atom. The van der Waals surface area contributed by atoms with Crippen molar-refractivity contribution in [1.29, 1.82) is 0 Å². The average molecular weight is 220 g/mol. The Hall–Kier alpha value is -1.58. The van der Waals surface area contributed by atoms with Gasteiger partial charge in [-0.3, -0.25) is 0 Å². The molecular formula is C12H16N2O2. The molecule has 1 aromatic rings. The van der Waals surface area contributed by atoms with Gasteiger partial charge in [0.1, 0.15) is 11.4 Å². The normalized spacial score (nSPS) is 14.8. The van der Waals surface area contributed by atoms with Gasteiger partial charge in [0.25, 0.3) is 0 Å². The SMILES string of the molecule is CCCN(c1ncccc1C(=O)O)C1CC1. The Balaban J connectivity index is 2.32. The van der Waals surface area contributed by atoms with Crippen molar-refractivity contribution in [3.63, 3.8) is 0 Å². The number of anilines is 1. The number of carboxylic acid groups (broad SMARTS) is 1. The largest absolute Gasteiger partial charge is 0.478 e. The van der Waals surface area contributed by atoms with Crippen molar-refractivity contribution in [2.75, 3.05) is 11.4 Å². The maximum atomic E-state index is 11.1. The van der Waals surface area contributed by atoms with Crippen molar-refractivity contribution in [3.05, 3.63) is 23.9 Å². The molecule has 86 valence electrons. The van der Waals surface area contributed by atoms with Gasteiger partial charge in [0.15, 0.2) is 0 Å². The van der Waals surface area contributed by atoms with E-state index in [0.29, 0.717) is 17.4 Å². The summed E-state index contributed by atoms with van der Waals surface area (Å²) < 4.78 is 0. The maximum absolute atomic E-state index is 11.1. The third kappa shape index (κ3) is 2.15. The quantitative estimate of drug-likeness (QED) is 0.826. The van der Waals surface area contributed by atoms with E-state index in [2.05, 4.69) is 16.8 Å². The second kappa shape index (κ2) is 4.51. The van der Waals surface area contributed by atoms with Crippen molar-refractivity contribution in [2.24, 2.45) is 0 Å². The number of aromatic carboxylic acids is 1. The van der Waals surface area contributed by atoms with Crippen molar-refractivity contribution < 1.29 is 9.90 Å². The summed E-state index contributed by atoms with van der Waals surface area (Å²) >= 11 is 0. The molecule has 1 N–H and O–H groups in total. The van der Waals surface area contributed by atoms with Crippen LogP contribution in [0.5, 0.6) is 0 Å². The number of nitrogens with zero attached hydrogens (tertiary/aromatic N) is 2. The van der Waals surface area contributed by atoms with Crippen LogP contribution in [0.4, 0.5) is 5.82 Å². The number of aromatic nitrogens is 1. The fraction of sp³-hybridized carbons (Fsp3) is 0.500.